The van der Waals surface area contributed by atoms with Crippen LogP contribution in [0.4, 0.5) is 0 Å². The summed E-state index contributed by atoms with van der Waals surface area (Å²) in [5, 5.41) is 3.56. The van der Waals surface area contributed by atoms with Gasteiger partial charge in [0.25, 0.3) is 0 Å². The number of likely N-dealkylation sites (N-methyl/N-ethyl adjacent to an activating group) is 1. The number of hydrogen-bond acceptors (Lipinski definition) is 4. The second kappa shape index (κ2) is 7.29. The van der Waals surface area contributed by atoms with E-state index in [4.69, 9.17) is 9.15 Å². The molecule has 0 fully saturated rings. The van der Waals surface area contributed by atoms with Gasteiger partial charge < -0.3 is 14.5 Å². The van der Waals surface area contributed by atoms with Crippen molar-refractivity contribution in [1.82, 2.24) is 10.2 Å². The van der Waals surface area contributed by atoms with E-state index in [0.29, 0.717) is 0 Å². The fraction of sp³-hybridized carbons (Fsp3) is 0.412. The maximum Gasteiger partial charge on any atom is 0.123 e. The van der Waals surface area contributed by atoms with E-state index in [1.807, 2.05) is 30.3 Å². The van der Waals surface area contributed by atoms with Gasteiger partial charge in [-0.15, -0.1) is 0 Å². The standard InChI is InChI=1S/C17H24N2O2/c1-13(14-8-5-6-9-16(14)20-4)18-12-15(19(2)3)17-10-7-11-21-17/h5-11,13,15,18H,12H2,1-4H3. The quantitative estimate of drug-likeness (QED) is 0.848. The highest BCUT2D eigenvalue weighted by Crippen LogP contribution is 2.25. The summed E-state index contributed by atoms with van der Waals surface area (Å²) in [5.41, 5.74) is 1.16. The van der Waals surface area contributed by atoms with E-state index >= 15 is 0 Å². The Balaban J connectivity index is 2.04. The number of rotatable bonds is 7. The number of furan rings is 1. The lowest BCUT2D eigenvalue weighted by atomic mass is 10.1. The Kier molecular flexibility index (Phi) is 5.42. The summed E-state index contributed by atoms with van der Waals surface area (Å²) >= 11 is 0. The number of para-hydroxylation sites is 1. The molecule has 1 N–H and O–H groups in total. The number of methoxy groups -OCH3 is 1. The van der Waals surface area contributed by atoms with Crippen LogP contribution in [0.2, 0.25) is 0 Å². The molecule has 114 valence electrons. The molecule has 0 aliphatic heterocycles. The maximum absolute atomic E-state index is 5.53. The molecule has 0 aliphatic rings. The molecule has 0 amide bonds. The lowest BCUT2D eigenvalue weighted by Crippen LogP contribution is -2.32. The third-order valence-electron chi connectivity index (χ3n) is 3.72. The zero-order chi connectivity index (χ0) is 15.2. The smallest absolute Gasteiger partial charge is 0.123 e. The Morgan fingerprint density at radius 1 is 1.19 bits per heavy atom. The summed E-state index contributed by atoms with van der Waals surface area (Å²) < 4.78 is 11.0. The monoisotopic (exact) mass is 288 g/mol. The molecule has 21 heavy (non-hydrogen) atoms. The molecule has 2 aromatic rings. The average Bonchev–Trinajstić information content (AvgIpc) is 3.01. The van der Waals surface area contributed by atoms with Gasteiger partial charge in [-0.25, -0.2) is 0 Å². The highest BCUT2D eigenvalue weighted by atomic mass is 16.5. The van der Waals surface area contributed by atoms with E-state index in [-0.39, 0.29) is 12.1 Å². The van der Waals surface area contributed by atoms with E-state index < -0.39 is 0 Å². The zero-order valence-electron chi connectivity index (χ0n) is 13.2. The highest BCUT2D eigenvalue weighted by molar-refractivity contribution is 5.35. The van der Waals surface area contributed by atoms with Crippen LogP contribution in [0.5, 0.6) is 5.75 Å². The van der Waals surface area contributed by atoms with E-state index in [2.05, 4.69) is 37.3 Å². The van der Waals surface area contributed by atoms with Crippen molar-refractivity contribution < 1.29 is 9.15 Å². The third-order valence-corrected chi connectivity index (χ3v) is 3.72. The predicted molar refractivity (Wildman–Crippen MR) is 84.5 cm³/mol. The summed E-state index contributed by atoms with van der Waals surface area (Å²) in [5.74, 6) is 1.89. The summed E-state index contributed by atoms with van der Waals surface area (Å²) in [7, 11) is 5.82. The summed E-state index contributed by atoms with van der Waals surface area (Å²) in [6.07, 6.45) is 1.72. The number of nitrogens with zero attached hydrogens (tertiary/aromatic N) is 1. The van der Waals surface area contributed by atoms with Crippen molar-refractivity contribution in [3.05, 3.63) is 54.0 Å². The van der Waals surface area contributed by atoms with Gasteiger partial charge in [0.15, 0.2) is 0 Å². The van der Waals surface area contributed by atoms with Crippen LogP contribution in [-0.4, -0.2) is 32.6 Å². The summed E-state index contributed by atoms with van der Waals surface area (Å²) in [6.45, 7) is 2.95. The van der Waals surface area contributed by atoms with Gasteiger partial charge in [-0.05, 0) is 39.2 Å². The van der Waals surface area contributed by atoms with Crippen LogP contribution in [0.3, 0.4) is 0 Å². The maximum atomic E-state index is 5.53. The normalized spacial score (nSPS) is 14.1. The van der Waals surface area contributed by atoms with Gasteiger partial charge in [-0.1, -0.05) is 18.2 Å². The van der Waals surface area contributed by atoms with Gasteiger partial charge in [0.2, 0.25) is 0 Å². The van der Waals surface area contributed by atoms with Crippen molar-refractivity contribution >= 4 is 0 Å². The molecule has 0 bridgehead atoms. The van der Waals surface area contributed by atoms with Gasteiger partial charge in [-0.3, -0.25) is 4.90 Å². The Morgan fingerprint density at radius 2 is 1.95 bits per heavy atom. The van der Waals surface area contributed by atoms with E-state index in [9.17, 15) is 0 Å². The fourth-order valence-corrected chi connectivity index (χ4v) is 2.44. The van der Waals surface area contributed by atoms with Crippen molar-refractivity contribution in [1.29, 1.82) is 0 Å². The van der Waals surface area contributed by atoms with E-state index in [1.54, 1.807) is 13.4 Å². The van der Waals surface area contributed by atoms with Gasteiger partial charge in [0, 0.05) is 18.2 Å². The topological polar surface area (TPSA) is 37.6 Å². The van der Waals surface area contributed by atoms with Crippen molar-refractivity contribution in [3.63, 3.8) is 0 Å². The van der Waals surface area contributed by atoms with Crippen LogP contribution in [-0.2, 0) is 0 Å². The molecule has 0 saturated carbocycles. The Hall–Kier alpha value is -1.78. The molecular formula is C17H24N2O2. The van der Waals surface area contributed by atoms with E-state index in [1.165, 1.54) is 0 Å². The Bertz CT molecular complexity index is 537. The number of nitrogens with one attached hydrogen (secondary N) is 1. The van der Waals surface area contributed by atoms with Crippen LogP contribution in [0, 0.1) is 0 Å². The first kappa shape index (κ1) is 15.6. The molecule has 4 nitrogen and oxygen atoms in total. The number of hydrogen-bond donors (Lipinski definition) is 1. The average molecular weight is 288 g/mol. The van der Waals surface area contributed by atoms with Crippen molar-refractivity contribution in [2.45, 2.75) is 19.0 Å². The first-order valence-corrected chi connectivity index (χ1v) is 7.19. The molecule has 0 aliphatic carbocycles. The van der Waals surface area contributed by atoms with Crippen molar-refractivity contribution in [2.75, 3.05) is 27.7 Å². The fourth-order valence-electron chi connectivity index (χ4n) is 2.44. The lowest BCUT2D eigenvalue weighted by Gasteiger charge is -2.25. The van der Waals surface area contributed by atoms with Crippen LogP contribution >= 0.6 is 0 Å². The van der Waals surface area contributed by atoms with Gasteiger partial charge in [0.05, 0.1) is 19.4 Å². The van der Waals surface area contributed by atoms with Crippen molar-refractivity contribution in [3.8, 4) is 5.75 Å². The Labute approximate surface area is 126 Å². The molecule has 0 radical (unpaired) electrons. The molecule has 0 spiro atoms. The first-order valence-electron chi connectivity index (χ1n) is 7.19. The number of ether oxygens (including phenoxy) is 1. The summed E-state index contributed by atoms with van der Waals surface area (Å²) in [6, 6.07) is 12.5. The Morgan fingerprint density at radius 3 is 2.57 bits per heavy atom. The second-order valence-corrected chi connectivity index (χ2v) is 5.37. The second-order valence-electron chi connectivity index (χ2n) is 5.37. The van der Waals surface area contributed by atoms with Crippen LogP contribution in [0.1, 0.15) is 30.3 Å². The molecule has 2 rings (SSSR count). The molecule has 0 saturated heterocycles. The first-order chi connectivity index (χ1) is 10.1. The highest BCUT2D eigenvalue weighted by Gasteiger charge is 2.19. The minimum atomic E-state index is 0.206. The minimum absolute atomic E-state index is 0.206. The SMILES string of the molecule is COc1ccccc1C(C)NCC(c1ccco1)N(C)C. The minimum Gasteiger partial charge on any atom is -0.496 e. The molecule has 1 aromatic heterocycles. The van der Waals surface area contributed by atoms with Gasteiger partial charge in [-0.2, -0.15) is 0 Å². The zero-order valence-corrected chi connectivity index (χ0v) is 13.2. The molecule has 1 heterocycles. The van der Waals surface area contributed by atoms with Crippen LogP contribution in [0.15, 0.2) is 47.1 Å². The molecule has 1 aromatic carbocycles. The predicted octanol–water partition coefficient (Wildman–Crippen LogP) is 3.24. The third kappa shape index (κ3) is 3.86. The molecule has 2 atom stereocenters. The van der Waals surface area contributed by atoms with Crippen LogP contribution in [0.25, 0.3) is 0 Å². The number of benzene rings is 1. The molecular weight excluding hydrogens is 264 g/mol. The van der Waals surface area contributed by atoms with Crippen LogP contribution < -0.4 is 10.1 Å². The molecule has 4 heteroatoms. The molecule has 2 unspecified atom stereocenters. The van der Waals surface area contributed by atoms with Gasteiger partial charge in [0.1, 0.15) is 11.5 Å². The van der Waals surface area contributed by atoms with E-state index in [0.717, 1.165) is 23.6 Å². The largest absolute Gasteiger partial charge is 0.496 e. The van der Waals surface area contributed by atoms with Crippen molar-refractivity contribution in [2.24, 2.45) is 0 Å². The van der Waals surface area contributed by atoms with Gasteiger partial charge >= 0.3 is 0 Å². The lowest BCUT2D eigenvalue weighted by molar-refractivity contribution is 0.244. The summed E-state index contributed by atoms with van der Waals surface area (Å²) in [4.78, 5) is 2.15.